The van der Waals surface area contributed by atoms with Crippen molar-refractivity contribution >= 4 is 19.7 Å². The fourth-order valence-electron chi connectivity index (χ4n) is 1.50. The van der Waals surface area contributed by atoms with E-state index in [9.17, 15) is 17.2 Å². The second-order valence-electron chi connectivity index (χ2n) is 3.09. The molecule has 1 rings (SSSR count). The summed E-state index contributed by atoms with van der Waals surface area (Å²) in [5.74, 6) is 0. The van der Waals surface area contributed by atoms with Crippen LogP contribution in [-0.4, -0.2) is 18.2 Å². The molecule has 92 valence electrons. The van der Waals surface area contributed by atoms with E-state index < -0.39 is 15.6 Å². The smallest absolute Gasteiger partial charge is 0.207 e. The Labute approximate surface area is 96.6 Å². The van der Waals surface area contributed by atoms with E-state index in [0.717, 1.165) is 0 Å². The van der Waals surface area contributed by atoms with Crippen molar-refractivity contribution in [1.82, 2.24) is 9.78 Å². The Hall–Kier alpha value is -0.690. The Balaban J connectivity index is 3.57. The molecule has 0 amide bonds. The summed E-state index contributed by atoms with van der Waals surface area (Å²) in [6, 6.07) is 0. The van der Waals surface area contributed by atoms with Crippen LogP contribution in [0.25, 0.3) is 0 Å². The molecule has 0 aromatic carbocycles. The first kappa shape index (κ1) is 13.4. The second kappa shape index (κ2) is 4.67. The largest absolute Gasteiger partial charge is 0.333 e. The van der Waals surface area contributed by atoms with Gasteiger partial charge in [-0.1, -0.05) is 13.8 Å². The first-order valence-corrected chi connectivity index (χ1v) is 6.96. The maximum atomic E-state index is 12.6. The number of halogens is 3. The van der Waals surface area contributed by atoms with Crippen LogP contribution in [0.4, 0.5) is 8.78 Å². The van der Waals surface area contributed by atoms with Crippen LogP contribution in [0.15, 0.2) is 4.90 Å². The topological polar surface area (TPSA) is 52.0 Å². The normalized spacial score (nSPS) is 12.4. The van der Waals surface area contributed by atoms with E-state index in [1.54, 1.807) is 13.8 Å². The van der Waals surface area contributed by atoms with Crippen molar-refractivity contribution in [1.29, 1.82) is 0 Å². The lowest BCUT2D eigenvalue weighted by molar-refractivity contribution is 0.0529. The monoisotopic (exact) mass is 272 g/mol. The fraction of sp³-hybridized carbons (Fsp3) is 0.625. The number of hydrogen-bond acceptors (Lipinski definition) is 3. The zero-order valence-corrected chi connectivity index (χ0v) is 10.3. The van der Waals surface area contributed by atoms with Gasteiger partial charge in [0.05, 0.1) is 11.4 Å². The molecular weight excluding hydrogens is 262 g/mol. The Kier molecular flexibility index (Phi) is 3.90. The van der Waals surface area contributed by atoms with Crippen LogP contribution >= 0.6 is 10.7 Å². The van der Waals surface area contributed by atoms with Crippen molar-refractivity contribution in [3.63, 3.8) is 0 Å². The molecule has 0 spiro atoms. The lowest BCUT2D eigenvalue weighted by atomic mass is 10.2. The highest BCUT2D eigenvalue weighted by Gasteiger charge is 2.27. The molecule has 0 radical (unpaired) electrons. The molecule has 4 nitrogen and oxygen atoms in total. The summed E-state index contributed by atoms with van der Waals surface area (Å²) in [5, 5.41) is 3.57. The van der Waals surface area contributed by atoms with Gasteiger partial charge in [-0.25, -0.2) is 13.1 Å². The Morgan fingerprint density at radius 2 is 1.94 bits per heavy atom. The van der Waals surface area contributed by atoms with Crippen LogP contribution in [0, 0.1) is 0 Å². The first-order valence-electron chi connectivity index (χ1n) is 4.65. The summed E-state index contributed by atoms with van der Waals surface area (Å²) >= 11 is 0. The van der Waals surface area contributed by atoms with Crippen LogP contribution < -0.4 is 0 Å². The number of aryl methyl sites for hydroxylation is 1. The van der Waals surface area contributed by atoms with E-state index in [0.29, 0.717) is 4.68 Å². The third-order valence-electron chi connectivity index (χ3n) is 2.13. The molecular formula is C8H11ClF2N2O2S. The van der Waals surface area contributed by atoms with Crippen LogP contribution in [0.5, 0.6) is 0 Å². The number of nitrogens with zero attached hydrogens (tertiary/aromatic N) is 2. The molecule has 0 unspecified atom stereocenters. The van der Waals surface area contributed by atoms with Gasteiger partial charge in [0.25, 0.3) is 9.05 Å². The predicted octanol–water partition coefficient (Wildman–Crippen LogP) is 2.33. The zero-order chi connectivity index (χ0) is 12.5. The van der Waals surface area contributed by atoms with Gasteiger partial charge in [-0.15, -0.1) is 0 Å². The molecule has 0 aliphatic heterocycles. The van der Waals surface area contributed by atoms with E-state index in [-0.39, 0.29) is 29.1 Å². The maximum absolute atomic E-state index is 12.6. The molecule has 0 aliphatic rings. The summed E-state index contributed by atoms with van der Waals surface area (Å²) < 4.78 is 48.2. The van der Waals surface area contributed by atoms with Gasteiger partial charge in [0.2, 0.25) is 0 Å². The highest BCUT2D eigenvalue weighted by Crippen LogP contribution is 2.28. The predicted molar refractivity (Wildman–Crippen MR) is 55.3 cm³/mol. The van der Waals surface area contributed by atoms with E-state index in [4.69, 9.17) is 10.7 Å². The van der Waals surface area contributed by atoms with Crippen molar-refractivity contribution in [2.75, 3.05) is 0 Å². The maximum Gasteiger partial charge on any atom is 0.333 e. The van der Waals surface area contributed by atoms with Gasteiger partial charge < -0.3 is 0 Å². The van der Waals surface area contributed by atoms with Gasteiger partial charge in [0, 0.05) is 10.7 Å². The number of hydrogen-bond donors (Lipinski definition) is 0. The van der Waals surface area contributed by atoms with E-state index >= 15 is 0 Å². The zero-order valence-electron chi connectivity index (χ0n) is 8.74. The molecule has 0 bridgehead atoms. The lowest BCUT2D eigenvalue weighted by Crippen LogP contribution is -2.06. The molecule has 0 fully saturated rings. The van der Waals surface area contributed by atoms with Gasteiger partial charge in [0.1, 0.15) is 4.90 Å². The van der Waals surface area contributed by atoms with Crippen LogP contribution in [0.2, 0.25) is 0 Å². The van der Waals surface area contributed by atoms with Crippen LogP contribution in [-0.2, 0) is 21.9 Å². The van der Waals surface area contributed by atoms with Gasteiger partial charge in [-0.3, -0.25) is 0 Å². The molecule has 8 heteroatoms. The summed E-state index contributed by atoms with van der Waals surface area (Å²) in [4.78, 5) is -0.278. The van der Waals surface area contributed by atoms with Gasteiger partial charge in [-0.05, 0) is 12.8 Å². The molecule has 16 heavy (non-hydrogen) atoms. The van der Waals surface area contributed by atoms with Crippen molar-refractivity contribution < 1.29 is 17.2 Å². The molecule has 1 aromatic heterocycles. The van der Waals surface area contributed by atoms with Crippen molar-refractivity contribution in [2.24, 2.45) is 0 Å². The van der Waals surface area contributed by atoms with Crippen molar-refractivity contribution in [2.45, 2.75) is 38.1 Å². The third kappa shape index (κ3) is 2.35. The highest BCUT2D eigenvalue weighted by atomic mass is 35.7. The standard InChI is InChI=1S/C8H11ClF2N2O2S/c1-3-5-7(16(9,14)15)6(4-2)13(12-5)8(10)11/h8H,3-4H2,1-2H3. The van der Waals surface area contributed by atoms with E-state index in [1.807, 2.05) is 0 Å². The second-order valence-corrected chi connectivity index (χ2v) is 5.59. The van der Waals surface area contributed by atoms with Gasteiger partial charge >= 0.3 is 6.55 Å². The minimum atomic E-state index is -4.05. The summed E-state index contributed by atoms with van der Waals surface area (Å²) in [6.45, 7) is 0.330. The molecule has 0 saturated carbocycles. The SMILES string of the molecule is CCc1nn(C(F)F)c(CC)c1S(=O)(=O)Cl. The van der Waals surface area contributed by atoms with Crippen molar-refractivity contribution in [3.8, 4) is 0 Å². The quantitative estimate of drug-likeness (QED) is 0.791. The van der Waals surface area contributed by atoms with Crippen LogP contribution in [0.3, 0.4) is 0 Å². The molecule has 0 N–H and O–H groups in total. The fourth-order valence-corrected chi connectivity index (χ4v) is 3.02. The molecule has 0 aliphatic carbocycles. The van der Waals surface area contributed by atoms with Gasteiger partial charge in [0.15, 0.2) is 0 Å². The minimum absolute atomic E-state index is 0.0538. The Bertz CT molecular complexity index is 484. The summed E-state index contributed by atoms with van der Waals surface area (Å²) in [6.07, 6.45) is 0.354. The lowest BCUT2D eigenvalue weighted by Gasteiger charge is -2.04. The summed E-state index contributed by atoms with van der Waals surface area (Å²) in [7, 11) is 1.17. The Morgan fingerprint density at radius 1 is 1.38 bits per heavy atom. The highest BCUT2D eigenvalue weighted by molar-refractivity contribution is 8.13. The molecule has 0 saturated heterocycles. The summed E-state index contributed by atoms with van der Waals surface area (Å²) in [5.41, 5.74) is 0.0222. The molecule has 1 aromatic rings. The van der Waals surface area contributed by atoms with E-state index in [1.165, 1.54) is 0 Å². The Morgan fingerprint density at radius 3 is 2.25 bits per heavy atom. The average molecular weight is 273 g/mol. The van der Waals surface area contributed by atoms with Crippen molar-refractivity contribution in [3.05, 3.63) is 11.4 Å². The number of rotatable bonds is 4. The molecule has 0 atom stereocenters. The average Bonchev–Trinajstić information content (AvgIpc) is 2.55. The number of alkyl halides is 2. The third-order valence-corrected chi connectivity index (χ3v) is 3.55. The minimum Gasteiger partial charge on any atom is -0.207 e. The number of aromatic nitrogens is 2. The first-order chi connectivity index (χ1) is 7.32. The van der Waals surface area contributed by atoms with Gasteiger partial charge in [-0.2, -0.15) is 13.9 Å². The molecule has 1 heterocycles. The van der Waals surface area contributed by atoms with Crippen LogP contribution in [0.1, 0.15) is 31.8 Å². The van der Waals surface area contributed by atoms with E-state index in [2.05, 4.69) is 5.10 Å².